The molecule has 7 heteroatoms. The Hall–Kier alpha value is -3.22. The van der Waals surface area contributed by atoms with Gasteiger partial charge in [-0.05, 0) is 31.2 Å². The summed E-state index contributed by atoms with van der Waals surface area (Å²) in [7, 11) is 0. The van der Waals surface area contributed by atoms with Crippen LogP contribution in [0.1, 0.15) is 6.92 Å². The molecule has 7 nitrogen and oxygen atoms in total. The molecule has 4 rings (SSSR count). The zero-order chi connectivity index (χ0) is 18.6. The number of amides is 2. The van der Waals surface area contributed by atoms with Crippen LogP contribution in [0.25, 0.3) is 10.9 Å². The largest absolute Gasteiger partial charge is 0.478 e. The maximum atomic E-state index is 12.7. The summed E-state index contributed by atoms with van der Waals surface area (Å²) in [6, 6.07) is 13.5. The van der Waals surface area contributed by atoms with Crippen molar-refractivity contribution in [3.8, 4) is 5.88 Å². The number of nitrogens with zero attached hydrogens (tertiary/aromatic N) is 3. The molecule has 140 valence electrons. The van der Waals surface area contributed by atoms with Gasteiger partial charge in [-0.25, -0.2) is 4.79 Å². The number of aromatic amines is 1. The standard InChI is InChI=1S/C20H23N5O2/c1-2-27-19-8-4-7-18(23-19)24-11-13-25(14-12-24)20(26)22-17-6-3-5-16-15(17)9-10-21-16/h3-10,21H,2,11-14H2,1H3,(H,22,26). The van der Waals surface area contributed by atoms with Gasteiger partial charge in [0.15, 0.2) is 0 Å². The number of anilines is 2. The Labute approximate surface area is 157 Å². The van der Waals surface area contributed by atoms with Crippen molar-refractivity contribution in [2.75, 3.05) is 43.0 Å². The quantitative estimate of drug-likeness (QED) is 0.744. The Bertz CT molecular complexity index is 931. The van der Waals surface area contributed by atoms with Crippen LogP contribution in [0.2, 0.25) is 0 Å². The van der Waals surface area contributed by atoms with Crippen molar-refractivity contribution >= 4 is 28.4 Å². The van der Waals surface area contributed by atoms with Crippen LogP contribution in [-0.2, 0) is 0 Å². The van der Waals surface area contributed by atoms with Crippen LogP contribution in [0.15, 0.2) is 48.7 Å². The Morgan fingerprint density at radius 2 is 1.96 bits per heavy atom. The van der Waals surface area contributed by atoms with Crippen LogP contribution in [0, 0.1) is 0 Å². The molecule has 1 saturated heterocycles. The topological polar surface area (TPSA) is 73.5 Å². The Balaban J connectivity index is 1.38. The molecule has 2 amide bonds. The number of hydrogen-bond acceptors (Lipinski definition) is 4. The summed E-state index contributed by atoms with van der Waals surface area (Å²) in [6.07, 6.45) is 1.88. The number of pyridine rings is 1. The predicted octanol–water partition coefficient (Wildman–Crippen LogP) is 3.32. The van der Waals surface area contributed by atoms with Crippen molar-refractivity contribution in [2.24, 2.45) is 0 Å². The molecule has 3 aromatic rings. The molecule has 3 heterocycles. The first-order valence-corrected chi connectivity index (χ1v) is 9.21. The summed E-state index contributed by atoms with van der Waals surface area (Å²) >= 11 is 0. The lowest BCUT2D eigenvalue weighted by atomic mass is 10.2. The zero-order valence-electron chi connectivity index (χ0n) is 15.3. The van der Waals surface area contributed by atoms with E-state index in [-0.39, 0.29) is 6.03 Å². The third-order valence-corrected chi connectivity index (χ3v) is 4.73. The molecular weight excluding hydrogens is 342 g/mol. The van der Waals surface area contributed by atoms with Crippen LogP contribution in [0.3, 0.4) is 0 Å². The Morgan fingerprint density at radius 1 is 1.15 bits per heavy atom. The van der Waals surface area contributed by atoms with Crippen molar-refractivity contribution in [1.82, 2.24) is 14.9 Å². The molecule has 27 heavy (non-hydrogen) atoms. The van der Waals surface area contributed by atoms with Crippen LogP contribution < -0.4 is 15.0 Å². The second-order valence-electron chi connectivity index (χ2n) is 6.42. The number of piperazine rings is 1. The van der Waals surface area contributed by atoms with E-state index in [9.17, 15) is 4.79 Å². The van der Waals surface area contributed by atoms with Crippen LogP contribution in [0.4, 0.5) is 16.3 Å². The highest BCUT2D eigenvalue weighted by atomic mass is 16.5. The van der Waals surface area contributed by atoms with Crippen LogP contribution in [0.5, 0.6) is 5.88 Å². The van der Waals surface area contributed by atoms with E-state index in [2.05, 4.69) is 20.2 Å². The number of urea groups is 1. The molecular formula is C20H23N5O2. The van der Waals surface area contributed by atoms with Crippen molar-refractivity contribution in [2.45, 2.75) is 6.92 Å². The first kappa shape index (κ1) is 17.2. The van der Waals surface area contributed by atoms with E-state index in [1.165, 1.54) is 0 Å². The van der Waals surface area contributed by atoms with Gasteiger partial charge in [0.25, 0.3) is 0 Å². The second kappa shape index (κ2) is 7.57. The van der Waals surface area contributed by atoms with Gasteiger partial charge in [-0.2, -0.15) is 4.98 Å². The molecule has 0 atom stereocenters. The highest BCUT2D eigenvalue weighted by Gasteiger charge is 2.22. The van der Waals surface area contributed by atoms with E-state index >= 15 is 0 Å². The highest BCUT2D eigenvalue weighted by Crippen LogP contribution is 2.23. The number of aromatic nitrogens is 2. The molecule has 2 N–H and O–H groups in total. The Morgan fingerprint density at radius 3 is 2.78 bits per heavy atom. The maximum absolute atomic E-state index is 12.7. The summed E-state index contributed by atoms with van der Waals surface area (Å²) in [5.41, 5.74) is 1.84. The molecule has 0 unspecified atom stereocenters. The first-order valence-electron chi connectivity index (χ1n) is 9.21. The van der Waals surface area contributed by atoms with Crippen molar-refractivity contribution < 1.29 is 9.53 Å². The number of rotatable bonds is 4. The van der Waals surface area contributed by atoms with E-state index in [4.69, 9.17) is 4.74 Å². The van der Waals surface area contributed by atoms with Crippen LogP contribution >= 0.6 is 0 Å². The smallest absolute Gasteiger partial charge is 0.321 e. The summed E-state index contributed by atoms with van der Waals surface area (Å²) in [4.78, 5) is 24.4. The molecule has 1 fully saturated rings. The van der Waals surface area contributed by atoms with E-state index in [0.29, 0.717) is 25.6 Å². The van der Waals surface area contributed by atoms with Crippen LogP contribution in [-0.4, -0.2) is 53.7 Å². The molecule has 0 spiro atoms. The van der Waals surface area contributed by atoms with Gasteiger partial charge in [-0.1, -0.05) is 12.1 Å². The number of H-pyrrole nitrogens is 1. The van der Waals surface area contributed by atoms with E-state index in [1.807, 2.05) is 60.5 Å². The summed E-state index contributed by atoms with van der Waals surface area (Å²) in [5, 5.41) is 4.05. The number of fused-ring (bicyclic) bond motifs is 1. The van der Waals surface area contributed by atoms with Gasteiger partial charge in [0.2, 0.25) is 5.88 Å². The fraction of sp³-hybridized carbons (Fsp3) is 0.300. The fourth-order valence-corrected chi connectivity index (χ4v) is 3.34. The number of hydrogen-bond donors (Lipinski definition) is 2. The minimum atomic E-state index is -0.0700. The van der Waals surface area contributed by atoms with Crippen molar-refractivity contribution in [3.63, 3.8) is 0 Å². The van der Waals surface area contributed by atoms with Crippen molar-refractivity contribution in [1.29, 1.82) is 0 Å². The molecule has 2 aromatic heterocycles. The van der Waals surface area contributed by atoms with Gasteiger partial charge in [0.1, 0.15) is 5.82 Å². The van der Waals surface area contributed by atoms with Gasteiger partial charge in [0, 0.05) is 49.3 Å². The maximum Gasteiger partial charge on any atom is 0.321 e. The third-order valence-electron chi connectivity index (χ3n) is 4.73. The molecule has 0 saturated carbocycles. The summed E-state index contributed by atoms with van der Waals surface area (Å²) in [6.45, 7) is 5.32. The number of benzene rings is 1. The highest BCUT2D eigenvalue weighted by molar-refractivity contribution is 6.00. The van der Waals surface area contributed by atoms with E-state index < -0.39 is 0 Å². The number of carbonyl (C=O) groups excluding carboxylic acids is 1. The molecule has 0 radical (unpaired) electrons. The average Bonchev–Trinajstić information content (AvgIpc) is 3.18. The minimum Gasteiger partial charge on any atom is -0.478 e. The lowest BCUT2D eigenvalue weighted by Gasteiger charge is -2.35. The number of ether oxygens (including phenoxy) is 1. The Kier molecular flexibility index (Phi) is 4.82. The minimum absolute atomic E-state index is 0.0700. The molecule has 1 aliphatic heterocycles. The lowest BCUT2D eigenvalue weighted by Crippen LogP contribution is -2.50. The second-order valence-corrected chi connectivity index (χ2v) is 6.42. The molecule has 1 aromatic carbocycles. The average molecular weight is 365 g/mol. The molecule has 1 aliphatic rings. The lowest BCUT2D eigenvalue weighted by molar-refractivity contribution is 0.208. The molecule has 0 bridgehead atoms. The van der Waals surface area contributed by atoms with E-state index in [0.717, 1.165) is 35.5 Å². The monoisotopic (exact) mass is 365 g/mol. The molecule has 0 aliphatic carbocycles. The predicted molar refractivity (Wildman–Crippen MR) is 107 cm³/mol. The zero-order valence-corrected chi connectivity index (χ0v) is 15.3. The van der Waals surface area contributed by atoms with Gasteiger partial charge in [-0.15, -0.1) is 0 Å². The fourth-order valence-electron chi connectivity index (χ4n) is 3.34. The summed E-state index contributed by atoms with van der Waals surface area (Å²) in [5.74, 6) is 1.52. The van der Waals surface area contributed by atoms with Gasteiger partial charge in [0.05, 0.1) is 12.3 Å². The van der Waals surface area contributed by atoms with Gasteiger partial charge >= 0.3 is 6.03 Å². The number of carbonyl (C=O) groups is 1. The summed E-state index contributed by atoms with van der Waals surface area (Å²) < 4.78 is 5.48. The SMILES string of the molecule is CCOc1cccc(N2CCN(C(=O)Nc3cccc4[nH]ccc34)CC2)n1. The van der Waals surface area contributed by atoms with Gasteiger partial charge < -0.3 is 24.8 Å². The van der Waals surface area contributed by atoms with Crippen molar-refractivity contribution in [3.05, 3.63) is 48.7 Å². The first-order chi connectivity index (χ1) is 13.2. The normalized spacial score (nSPS) is 14.4. The third kappa shape index (κ3) is 3.67. The van der Waals surface area contributed by atoms with E-state index in [1.54, 1.807) is 0 Å². The number of nitrogens with one attached hydrogen (secondary N) is 2. The van der Waals surface area contributed by atoms with Gasteiger partial charge in [-0.3, -0.25) is 0 Å².